The van der Waals surface area contributed by atoms with Gasteiger partial charge in [-0.1, -0.05) is 11.6 Å². The lowest BCUT2D eigenvalue weighted by atomic mass is 10.2. The summed E-state index contributed by atoms with van der Waals surface area (Å²) in [5, 5.41) is 0.450. The fraction of sp³-hybridized carbons (Fsp3) is 0.364. The highest BCUT2D eigenvalue weighted by molar-refractivity contribution is 7.99. The lowest BCUT2D eigenvalue weighted by Crippen LogP contribution is -2.05. The number of benzene rings is 1. The number of carbonyl (C=O) groups is 1. The second-order valence-corrected chi connectivity index (χ2v) is 4.72. The zero-order valence-electron chi connectivity index (χ0n) is 9.66. The Morgan fingerprint density at radius 1 is 1.47 bits per heavy atom. The summed E-state index contributed by atoms with van der Waals surface area (Å²) in [4.78, 5) is 12.3. The van der Waals surface area contributed by atoms with E-state index in [4.69, 9.17) is 26.8 Å². The van der Waals surface area contributed by atoms with Crippen molar-refractivity contribution < 1.29 is 14.3 Å². The number of carbonyl (C=O) groups excluding carboxylic acids is 1. The largest absolute Gasteiger partial charge is 0.465 e. The van der Waals surface area contributed by atoms with Gasteiger partial charge in [0.05, 0.1) is 24.3 Å². The standard InChI is InChI=1S/C11H14ClNO3S/c1-15-3-4-17-10-8(11(14)16-2)5-7(13)6-9(10)12/h5-6H,3-4,13H2,1-2H3. The van der Waals surface area contributed by atoms with Crippen LogP contribution in [-0.4, -0.2) is 32.5 Å². The Bertz CT molecular complexity index is 412. The van der Waals surface area contributed by atoms with Crippen molar-refractivity contribution in [3.05, 3.63) is 22.7 Å². The summed E-state index contributed by atoms with van der Waals surface area (Å²) in [6.07, 6.45) is 0. The first-order valence-electron chi connectivity index (χ1n) is 4.89. The van der Waals surface area contributed by atoms with Gasteiger partial charge in [0.2, 0.25) is 0 Å². The van der Waals surface area contributed by atoms with Crippen LogP contribution in [0.3, 0.4) is 0 Å². The number of nitrogen functional groups attached to an aromatic ring is 1. The zero-order chi connectivity index (χ0) is 12.8. The summed E-state index contributed by atoms with van der Waals surface area (Å²) in [6.45, 7) is 0.575. The molecule has 0 aliphatic carbocycles. The molecule has 0 atom stereocenters. The first-order valence-corrected chi connectivity index (χ1v) is 6.25. The van der Waals surface area contributed by atoms with Crippen molar-refractivity contribution >= 4 is 35.0 Å². The molecule has 1 rings (SSSR count). The SMILES string of the molecule is COCCSc1c(Cl)cc(N)cc1C(=O)OC. The van der Waals surface area contributed by atoms with Crippen molar-refractivity contribution in [3.8, 4) is 0 Å². The number of nitrogens with two attached hydrogens (primary N) is 1. The molecule has 1 aromatic rings. The number of anilines is 1. The monoisotopic (exact) mass is 275 g/mol. The van der Waals surface area contributed by atoms with Gasteiger partial charge in [0.15, 0.2) is 0 Å². The molecule has 0 saturated heterocycles. The van der Waals surface area contributed by atoms with Crippen LogP contribution in [-0.2, 0) is 9.47 Å². The van der Waals surface area contributed by atoms with Crippen LogP contribution >= 0.6 is 23.4 Å². The van der Waals surface area contributed by atoms with E-state index in [1.807, 2.05) is 0 Å². The van der Waals surface area contributed by atoms with Gasteiger partial charge in [-0.2, -0.15) is 0 Å². The number of halogens is 1. The van der Waals surface area contributed by atoms with Gasteiger partial charge in [0, 0.05) is 23.4 Å². The molecule has 1 aromatic carbocycles. The molecule has 0 fully saturated rings. The number of rotatable bonds is 5. The summed E-state index contributed by atoms with van der Waals surface area (Å²) in [5.41, 5.74) is 6.47. The average Bonchev–Trinajstić information content (AvgIpc) is 2.30. The van der Waals surface area contributed by atoms with E-state index in [0.717, 1.165) is 0 Å². The topological polar surface area (TPSA) is 61.5 Å². The fourth-order valence-electron chi connectivity index (χ4n) is 1.25. The van der Waals surface area contributed by atoms with Gasteiger partial charge in [0.25, 0.3) is 0 Å². The van der Waals surface area contributed by atoms with Gasteiger partial charge in [-0.15, -0.1) is 11.8 Å². The summed E-state index contributed by atoms with van der Waals surface area (Å²) in [7, 11) is 2.94. The number of thioether (sulfide) groups is 1. The Morgan fingerprint density at radius 2 is 2.18 bits per heavy atom. The molecule has 6 heteroatoms. The first kappa shape index (κ1) is 14.2. The minimum atomic E-state index is -0.445. The van der Waals surface area contributed by atoms with Crippen LogP contribution in [0.2, 0.25) is 5.02 Å². The van der Waals surface area contributed by atoms with Gasteiger partial charge >= 0.3 is 5.97 Å². The van der Waals surface area contributed by atoms with Crippen LogP contribution in [0.5, 0.6) is 0 Å². The van der Waals surface area contributed by atoms with Gasteiger partial charge in [0.1, 0.15) is 0 Å². The average molecular weight is 276 g/mol. The first-order chi connectivity index (χ1) is 8.10. The second-order valence-electron chi connectivity index (χ2n) is 3.21. The third kappa shape index (κ3) is 3.80. The van der Waals surface area contributed by atoms with Crippen molar-refractivity contribution in [3.63, 3.8) is 0 Å². The van der Waals surface area contributed by atoms with E-state index in [2.05, 4.69) is 0 Å². The van der Waals surface area contributed by atoms with Crippen molar-refractivity contribution in [2.75, 3.05) is 32.3 Å². The van der Waals surface area contributed by atoms with E-state index in [1.54, 1.807) is 19.2 Å². The van der Waals surface area contributed by atoms with Crippen LogP contribution < -0.4 is 5.73 Å². The molecule has 0 radical (unpaired) electrons. The Balaban J connectivity index is 3.03. The van der Waals surface area contributed by atoms with Gasteiger partial charge < -0.3 is 15.2 Å². The molecule has 0 amide bonds. The maximum Gasteiger partial charge on any atom is 0.339 e. The molecular formula is C11H14ClNO3S. The van der Waals surface area contributed by atoms with Crippen LogP contribution in [0.4, 0.5) is 5.69 Å². The molecule has 2 N–H and O–H groups in total. The van der Waals surface area contributed by atoms with E-state index in [-0.39, 0.29) is 0 Å². The smallest absolute Gasteiger partial charge is 0.339 e. The minimum absolute atomic E-state index is 0.388. The molecule has 0 spiro atoms. The lowest BCUT2D eigenvalue weighted by Gasteiger charge is -2.10. The summed E-state index contributed by atoms with van der Waals surface area (Å²) >= 11 is 7.50. The number of hydrogen-bond donors (Lipinski definition) is 1. The van der Waals surface area contributed by atoms with Crippen LogP contribution in [0.25, 0.3) is 0 Å². The number of esters is 1. The zero-order valence-corrected chi connectivity index (χ0v) is 11.2. The van der Waals surface area contributed by atoms with Crippen molar-refractivity contribution in [2.45, 2.75) is 4.90 Å². The highest BCUT2D eigenvalue weighted by Crippen LogP contribution is 2.33. The van der Waals surface area contributed by atoms with Crippen LogP contribution in [0, 0.1) is 0 Å². The second kappa shape index (κ2) is 6.74. The van der Waals surface area contributed by atoms with E-state index < -0.39 is 5.97 Å². The highest BCUT2D eigenvalue weighted by atomic mass is 35.5. The Kier molecular flexibility index (Phi) is 5.61. The van der Waals surface area contributed by atoms with E-state index in [9.17, 15) is 4.79 Å². The number of methoxy groups -OCH3 is 2. The van der Waals surface area contributed by atoms with Gasteiger partial charge in [-0.05, 0) is 12.1 Å². The van der Waals surface area contributed by atoms with Crippen LogP contribution in [0.15, 0.2) is 17.0 Å². The Labute approximate surface area is 109 Å². The fourth-order valence-corrected chi connectivity index (χ4v) is 2.59. The predicted octanol–water partition coefficient (Wildman–Crippen LogP) is 2.45. The van der Waals surface area contributed by atoms with Crippen molar-refractivity contribution in [2.24, 2.45) is 0 Å². The molecule has 0 bridgehead atoms. The van der Waals surface area contributed by atoms with E-state index in [1.165, 1.54) is 18.9 Å². The molecule has 4 nitrogen and oxygen atoms in total. The molecule has 0 heterocycles. The maximum absolute atomic E-state index is 11.6. The third-order valence-corrected chi connectivity index (χ3v) is 3.51. The minimum Gasteiger partial charge on any atom is -0.465 e. The van der Waals surface area contributed by atoms with E-state index in [0.29, 0.717) is 33.5 Å². The molecule has 17 heavy (non-hydrogen) atoms. The predicted molar refractivity (Wildman–Crippen MR) is 69.8 cm³/mol. The van der Waals surface area contributed by atoms with Crippen LogP contribution in [0.1, 0.15) is 10.4 Å². The Hall–Kier alpha value is -0.910. The molecule has 0 saturated carbocycles. The van der Waals surface area contributed by atoms with Crippen molar-refractivity contribution in [1.82, 2.24) is 0 Å². The number of hydrogen-bond acceptors (Lipinski definition) is 5. The highest BCUT2D eigenvalue weighted by Gasteiger charge is 2.16. The molecule has 0 unspecified atom stereocenters. The normalized spacial score (nSPS) is 10.3. The van der Waals surface area contributed by atoms with Gasteiger partial charge in [-0.25, -0.2) is 4.79 Å². The number of ether oxygens (including phenoxy) is 2. The molecule has 0 aliphatic heterocycles. The quantitative estimate of drug-likeness (QED) is 0.387. The lowest BCUT2D eigenvalue weighted by molar-refractivity contribution is 0.0597. The molecule has 0 aliphatic rings. The summed E-state index contributed by atoms with van der Waals surface area (Å²) < 4.78 is 9.64. The van der Waals surface area contributed by atoms with Gasteiger partial charge in [-0.3, -0.25) is 0 Å². The third-order valence-electron chi connectivity index (χ3n) is 2.01. The summed E-state index contributed by atoms with van der Waals surface area (Å²) in [6, 6.07) is 3.18. The van der Waals surface area contributed by atoms with Crippen molar-refractivity contribution in [1.29, 1.82) is 0 Å². The molecule has 94 valence electrons. The molecule has 0 aromatic heterocycles. The molecular weight excluding hydrogens is 262 g/mol. The van der Waals surface area contributed by atoms with E-state index >= 15 is 0 Å². The maximum atomic E-state index is 11.6. The summed E-state index contributed by atoms with van der Waals surface area (Å²) in [5.74, 6) is 0.253. The Morgan fingerprint density at radius 3 is 2.76 bits per heavy atom.